The molecule has 2 atom stereocenters. The zero-order valence-corrected chi connectivity index (χ0v) is 9.95. The Balaban J connectivity index is 1.69. The molecule has 2 N–H and O–H groups in total. The van der Waals surface area contributed by atoms with Gasteiger partial charge in [0, 0.05) is 18.2 Å². The fourth-order valence-electron chi connectivity index (χ4n) is 2.26. The molecule has 3 heteroatoms. The van der Waals surface area contributed by atoms with Crippen LogP contribution in [-0.4, -0.2) is 12.7 Å². The van der Waals surface area contributed by atoms with E-state index in [1.165, 1.54) is 12.8 Å². The van der Waals surface area contributed by atoms with Crippen molar-refractivity contribution < 1.29 is 9.15 Å². The summed E-state index contributed by atoms with van der Waals surface area (Å²) < 4.78 is 10.8. The maximum absolute atomic E-state index is 6.09. The molecule has 0 aliphatic carbocycles. The number of rotatable bonds is 5. The molecule has 2 heterocycles. The van der Waals surface area contributed by atoms with Crippen molar-refractivity contribution in [1.29, 1.82) is 0 Å². The quantitative estimate of drug-likeness (QED) is 0.835. The van der Waals surface area contributed by atoms with Crippen LogP contribution in [0.15, 0.2) is 16.7 Å². The summed E-state index contributed by atoms with van der Waals surface area (Å²) in [5.41, 5.74) is 7.21. The number of hydrogen-bond acceptors (Lipinski definition) is 3. The van der Waals surface area contributed by atoms with E-state index < -0.39 is 0 Å². The second-order valence-electron chi connectivity index (χ2n) is 4.66. The van der Waals surface area contributed by atoms with E-state index in [0.29, 0.717) is 6.10 Å². The Kier molecular flexibility index (Phi) is 4.02. The second-order valence-corrected chi connectivity index (χ2v) is 4.66. The first kappa shape index (κ1) is 11.7. The molecule has 16 heavy (non-hydrogen) atoms. The van der Waals surface area contributed by atoms with Crippen molar-refractivity contribution in [2.75, 3.05) is 6.61 Å². The summed E-state index contributed by atoms with van der Waals surface area (Å²) in [6.07, 6.45) is 7.99. The molecule has 90 valence electrons. The minimum Gasteiger partial charge on any atom is -0.469 e. The lowest BCUT2D eigenvalue weighted by Gasteiger charge is -2.12. The van der Waals surface area contributed by atoms with Crippen molar-refractivity contribution in [1.82, 2.24) is 0 Å². The van der Waals surface area contributed by atoms with Crippen molar-refractivity contribution >= 4 is 0 Å². The average Bonchev–Trinajstić information content (AvgIpc) is 2.89. The molecule has 1 aliphatic rings. The van der Waals surface area contributed by atoms with Gasteiger partial charge in [0.15, 0.2) is 0 Å². The molecule has 0 amide bonds. The Morgan fingerprint density at radius 3 is 3.06 bits per heavy atom. The van der Waals surface area contributed by atoms with Crippen LogP contribution in [0.1, 0.15) is 49.5 Å². The van der Waals surface area contributed by atoms with Gasteiger partial charge in [0.25, 0.3) is 0 Å². The molecule has 2 unspecified atom stereocenters. The number of ether oxygens (including phenoxy) is 1. The molecule has 0 spiro atoms. The highest BCUT2D eigenvalue weighted by Gasteiger charge is 2.16. The van der Waals surface area contributed by atoms with Gasteiger partial charge in [0.05, 0.1) is 12.4 Å². The number of furan rings is 1. The SMILES string of the molecule is Cc1cc(C(N)CCCC2CCCO2)co1. The molecule has 3 nitrogen and oxygen atoms in total. The summed E-state index contributed by atoms with van der Waals surface area (Å²) in [7, 11) is 0. The van der Waals surface area contributed by atoms with Crippen LogP contribution in [-0.2, 0) is 4.74 Å². The van der Waals surface area contributed by atoms with Gasteiger partial charge in [-0.15, -0.1) is 0 Å². The Morgan fingerprint density at radius 1 is 1.56 bits per heavy atom. The van der Waals surface area contributed by atoms with Crippen molar-refractivity contribution in [3.8, 4) is 0 Å². The third-order valence-electron chi connectivity index (χ3n) is 3.24. The van der Waals surface area contributed by atoms with E-state index in [1.54, 1.807) is 6.26 Å². The molecule has 1 aliphatic heterocycles. The summed E-state index contributed by atoms with van der Waals surface area (Å²) >= 11 is 0. The van der Waals surface area contributed by atoms with E-state index in [-0.39, 0.29) is 6.04 Å². The van der Waals surface area contributed by atoms with Gasteiger partial charge in [0.1, 0.15) is 5.76 Å². The van der Waals surface area contributed by atoms with Crippen LogP contribution in [0.5, 0.6) is 0 Å². The molecule has 1 saturated heterocycles. The highest BCUT2D eigenvalue weighted by molar-refractivity contribution is 5.15. The van der Waals surface area contributed by atoms with E-state index in [1.807, 2.05) is 13.0 Å². The van der Waals surface area contributed by atoms with Crippen LogP contribution in [0.25, 0.3) is 0 Å². The van der Waals surface area contributed by atoms with Crippen LogP contribution in [0.2, 0.25) is 0 Å². The molecular weight excluding hydrogens is 202 g/mol. The Labute approximate surface area is 97.0 Å². The van der Waals surface area contributed by atoms with Gasteiger partial charge in [0.2, 0.25) is 0 Å². The smallest absolute Gasteiger partial charge is 0.101 e. The lowest BCUT2D eigenvalue weighted by Crippen LogP contribution is -2.11. The number of aryl methyl sites for hydroxylation is 1. The zero-order valence-electron chi connectivity index (χ0n) is 9.95. The fraction of sp³-hybridized carbons (Fsp3) is 0.692. The molecule has 1 aromatic heterocycles. The van der Waals surface area contributed by atoms with Gasteiger partial charge in [-0.1, -0.05) is 0 Å². The average molecular weight is 223 g/mol. The first-order valence-corrected chi connectivity index (χ1v) is 6.18. The van der Waals surface area contributed by atoms with E-state index in [9.17, 15) is 0 Å². The summed E-state index contributed by atoms with van der Waals surface area (Å²) in [4.78, 5) is 0. The lowest BCUT2D eigenvalue weighted by atomic mass is 10.0. The van der Waals surface area contributed by atoms with Gasteiger partial charge in [-0.3, -0.25) is 0 Å². The topological polar surface area (TPSA) is 48.4 Å². The second kappa shape index (κ2) is 5.51. The predicted molar refractivity (Wildman–Crippen MR) is 63.2 cm³/mol. The first-order valence-electron chi connectivity index (χ1n) is 6.18. The molecule has 1 aromatic rings. The van der Waals surface area contributed by atoms with Crippen LogP contribution in [0.3, 0.4) is 0 Å². The maximum Gasteiger partial charge on any atom is 0.101 e. The zero-order chi connectivity index (χ0) is 11.4. The summed E-state index contributed by atoms with van der Waals surface area (Å²) in [6.45, 7) is 2.89. The Morgan fingerprint density at radius 2 is 2.44 bits per heavy atom. The van der Waals surface area contributed by atoms with Crippen LogP contribution in [0, 0.1) is 6.92 Å². The van der Waals surface area contributed by atoms with Crippen molar-refractivity contribution in [3.05, 3.63) is 23.7 Å². The normalized spacial score (nSPS) is 22.5. The van der Waals surface area contributed by atoms with Gasteiger partial charge < -0.3 is 14.9 Å². The molecule has 0 radical (unpaired) electrons. The molecule has 0 aromatic carbocycles. The highest BCUT2D eigenvalue weighted by Crippen LogP contribution is 2.22. The standard InChI is InChI=1S/C13H21NO2/c1-10-8-11(9-16-10)13(14)6-2-4-12-5-3-7-15-12/h8-9,12-13H,2-7,14H2,1H3. The van der Waals surface area contributed by atoms with Crippen LogP contribution < -0.4 is 5.73 Å². The van der Waals surface area contributed by atoms with Gasteiger partial charge in [-0.05, 0) is 45.1 Å². The van der Waals surface area contributed by atoms with E-state index >= 15 is 0 Å². The predicted octanol–water partition coefficient (Wildman–Crippen LogP) is 2.94. The van der Waals surface area contributed by atoms with Gasteiger partial charge in [-0.25, -0.2) is 0 Å². The van der Waals surface area contributed by atoms with E-state index in [0.717, 1.165) is 37.2 Å². The summed E-state index contributed by atoms with van der Waals surface area (Å²) in [6, 6.07) is 2.13. The van der Waals surface area contributed by atoms with E-state index in [4.69, 9.17) is 14.9 Å². The third-order valence-corrected chi connectivity index (χ3v) is 3.24. The Bertz CT molecular complexity index is 315. The molecule has 0 saturated carbocycles. The maximum atomic E-state index is 6.09. The summed E-state index contributed by atoms with van der Waals surface area (Å²) in [5, 5.41) is 0. The van der Waals surface area contributed by atoms with Crippen LogP contribution in [0.4, 0.5) is 0 Å². The van der Waals surface area contributed by atoms with E-state index in [2.05, 4.69) is 0 Å². The largest absolute Gasteiger partial charge is 0.469 e. The highest BCUT2D eigenvalue weighted by atomic mass is 16.5. The van der Waals surface area contributed by atoms with Crippen LogP contribution >= 0.6 is 0 Å². The number of hydrogen-bond donors (Lipinski definition) is 1. The fourth-order valence-corrected chi connectivity index (χ4v) is 2.26. The molecule has 0 bridgehead atoms. The number of nitrogens with two attached hydrogens (primary N) is 1. The summed E-state index contributed by atoms with van der Waals surface area (Å²) in [5.74, 6) is 0.935. The third kappa shape index (κ3) is 3.09. The van der Waals surface area contributed by atoms with Gasteiger partial charge >= 0.3 is 0 Å². The Hall–Kier alpha value is -0.800. The minimum absolute atomic E-state index is 0.110. The van der Waals surface area contributed by atoms with Crippen molar-refractivity contribution in [3.63, 3.8) is 0 Å². The minimum atomic E-state index is 0.110. The van der Waals surface area contributed by atoms with Crippen molar-refractivity contribution in [2.24, 2.45) is 5.73 Å². The van der Waals surface area contributed by atoms with Crippen molar-refractivity contribution in [2.45, 2.75) is 51.2 Å². The first-order chi connectivity index (χ1) is 7.75. The van der Waals surface area contributed by atoms with Gasteiger partial charge in [-0.2, -0.15) is 0 Å². The molecule has 1 fully saturated rings. The lowest BCUT2D eigenvalue weighted by molar-refractivity contribution is 0.101. The monoisotopic (exact) mass is 223 g/mol. The molecule has 2 rings (SSSR count). The molecular formula is C13H21NO2.